The van der Waals surface area contributed by atoms with Gasteiger partial charge in [0.1, 0.15) is 5.69 Å². The summed E-state index contributed by atoms with van der Waals surface area (Å²) in [6, 6.07) is 22.7. The van der Waals surface area contributed by atoms with E-state index >= 15 is 0 Å². The van der Waals surface area contributed by atoms with E-state index in [1.54, 1.807) is 17.0 Å². The maximum Gasteiger partial charge on any atom is 0.276 e. The van der Waals surface area contributed by atoms with Crippen molar-refractivity contribution in [2.24, 2.45) is 0 Å². The van der Waals surface area contributed by atoms with E-state index in [1.807, 2.05) is 73.7 Å². The number of rotatable bonds is 4. The third-order valence-electron chi connectivity index (χ3n) is 4.11. The van der Waals surface area contributed by atoms with Gasteiger partial charge in [0, 0.05) is 11.8 Å². The molecule has 2 heterocycles. The Labute approximate surface area is 150 Å². The molecule has 2 aromatic heterocycles. The molecule has 5 heteroatoms. The zero-order valence-corrected chi connectivity index (χ0v) is 14.2. The first-order chi connectivity index (χ1) is 12.7. The number of carbonyl (C=O) groups excluding carboxylic acids is 1. The molecule has 0 atom stereocenters. The minimum absolute atomic E-state index is 0.262. The van der Waals surface area contributed by atoms with E-state index in [4.69, 9.17) is 4.42 Å². The van der Waals surface area contributed by atoms with E-state index in [0.29, 0.717) is 11.5 Å². The second-order valence-electron chi connectivity index (χ2n) is 5.91. The summed E-state index contributed by atoms with van der Waals surface area (Å²) in [6.07, 6.45) is 1.60. The van der Waals surface area contributed by atoms with E-state index in [1.165, 1.54) is 0 Å². The number of aromatic nitrogens is 2. The van der Waals surface area contributed by atoms with Crippen molar-refractivity contribution in [3.63, 3.8) is 0 Å². The Morgan fingerprint density at radius 3 is 2.50 bits per heavy atom. The predicted octanol–water partition coefficient (Wildman–Crippen LogP) is 4.69. The Bertz CT molecular complexity index is 1030. The number of nitrogens with zero attached hydrogens (tertiary/aromatic N) is 2. The van der Waals surface area contributed by atoms with E-state index in [9.17, 15) is 4.79 Å². The molecule has 26 heavy (non-hydrogen) atoms. The first kappa shape index (κ1) is 15.9. The van der Waals surface area contributed by atoms with Crippen LogP contribution < -0.4 is 5.32 Å². The van der Waals surface area contributed by atoms with Gasteiger partial charge in [-0.2, -0.15) is 5.10 Å². The molecule has 0 saturated carbocycles. The summed E-state index contributed by atoms with van der Waals surface area (Å²) in [6.45, 7) is 1.95. The van der Waals surface area contributed by atoms with Crippen molar-refractivity contribution in [3.8, 4) is 17.1 Å². The van der Waals surface area contributed by atoms with Gasteiger partial charge in [-0.25, -0.2) is 4.68 Å². The van der Waals surface area contributed by atoms with Gasteiger partial charge >= 0.3 is 0 Å². The van der Waals surface area contributed by atoms with Crippen LogP contribution in [0.2, 0.25) is 0 Å². The van der Waals surface area contributed by atoms with Crippen molar-refractivity contribution in [1.29, 1.82) is 0 Å². The van der Waals surface area contributed by atoms with Crippen molar-refractivity contribution in [1.82, 2.24) is 9.78 Å². The molecule has 0 bridgehead atoms. The first-order valence-corrected chi connectivity index (χ1v) is 8.29. The summed E-state index contributed by atoms with van der Waals surface area (Å²) in [5, 5.41) is 7.43. The molecule has 2 aromatic carbocycles. The summed E-state index contributed by atoms with van der Waals surface area (Å²) in [7, 11) is 0. The van der Waals surface area contributed by atoms with Gasteiger partial charge in [-0.05, 0) is 42.8 Å². The van der Waals surface area contributed by atoms with Crippen molar-refractivity contribution in [2.75, 3.05) is 5.32 Å². The number of anilines is 1. The standard InChI is InChI=1S/C21H17N3O2/c1-15-8-5-6-11-17(15)22-21(25)18-14-19(20-12-7-13-26-20)24(23-18)16-9-3-2-4-10-16/h2-14H,1H3,(H,22,25). The van der Waals surface area contributed by atoms with Crippen molar-refractivity contribution < 1.29 is 9.21 Å². The van der Waals surface area contributed by atoms with E-state index in [2.05, 4.69) is 10.4 Å². The highest BCUT2D eigenvalue weighted by Crippen LogP contribution is 2.25. The van der Waals surface area contributed by atoms with Crippen LogP contribution in [-0.2, 0) is 0 Å². The number of para-hydroxylation sites is 2. The van der Waals surface area contributed by atoms with Gasteiger partial charge < -0.3 is 9.73 Å². The average molecular weight is 343 g/mol. The Morgan fingerprint density at radius 2 is 1.77 bits per heavy atom. The number of aryl methyl sites for hydroxylation is 1. The quantitative estimate of drug-likeness (QED) is 0.584. The Hall–Kier alpha value is -3.60. The topological polar surface area (TPSA) is 60.1 Å². The van der Waals surface area contributed by atoms with Crippen LogP contribution in [0.1, 0.15) is 16.1 Å². The van der Waals surface area contributed by atoms with Crippen molar-refractivity contribution in [3.05, 3.63) is 90.3 Å². The molecule has 0 unspecified atom stereocenters. The van der Waals surface area contributed by atoms with Crippen LogP contribution in [0.25, 0.3) is 17.1 Å². The summed E-state index contributed by atoms with van der Waals surface area (Å²) < 4.78 is 7.23. The van der Waals surface area contributed by atoms with Crippen LogP contribution >= 0.6 is 0 Å². The number of nitrogens with one attached hydrogen (secondary N) is 1. The number of carbonyl (C=O) groups is 1. The molecule has 0 fully saturated rings. The van der Waals surface area contributed by atoms with E-state index in [0.717, 1.165) is 22.6 Å². The second kappa shape index (κ2) is 6.72. The summed E-state index contributed by atoms with van der Waals surface area (Å²) in [5.74, 6) is 0.387. The van der Waals surface area contributed by atoms with Gasteiger partial charge in [0.15, 0.2) is 11.5 Å². The molecular weight excluding hydrogens is 326 g/mol. The van der Waals surface area contributed by atoms with Gasteiger partial charge in [-0.3, -0.25) is 4.79 Å². The van der Waals surface area contributed by atoms with Gasteiger partial charge in [-0.1, -0.05) is 36.4 Å². The zero-order valence-electron chi connectivity index (χ0n) is 14.2. The molecule has 4 rings (SSSR count). The summed E-state index contributed by atoms with van der Waals surface area (Å²) in [5.41, 5.74) is 3.66. The third-order valence-corrected chi connectivity index (χ3v) is 4.11. The average Bonchev–Trinajstić information content (AvgIpc) is 3.34. The minimum atomic E-state index is -0.262. The molecule has 0 aliphatic heterocycles. The van der Waals surface area contributed by atoms with Crippen LogP contribution in [0.5, 0.6) is 0 Å². The van der Waals surface area contributed by atoms with E-state index < -0.39 is 0 Å². The lowest BCUT2D eigenvalue weighted by molar-refractivity contribution is 0.102. The molecule has 5 nitrogen and oxygen atoms in total. The van der Waals surface area contributed by atoms with Crippen LogP contribution in [0.3, 0.4) is 0 Å². The maximum absolute atomic E-state index is 12.7. The maximum atomic E-state index is 12.7. The fourth-order valence-electron chi connectivity index (χ4n) is 2.76. The normalized spacial score (nSPS) is 10.7. The molecule has 1 amide bonds. The SMILES string of the molecule is Cc1ccccc1NC(=O)c1cc(-c2ccco2)n(-c2ccccc2)n1. The van der Waals surface area contributed by atoms with Crippen LogP contribution in [0.4, 0.5) is 5.69 Å². The first-order valence-electron chi connectivity index (χ1n) is 8.29. The van der Waals surface area contributed by atoms with Crippen LogP contribution in [0.15, 0.2) is 83.5 Å². The van der Waals surface area contributed by atoms with Gasteiger partial charge in [0.2, 0.25) is 0 Å². The molecule has 0 spiro atoms. The second-order valence-corrected chi connectivity index (χ2v) is 5.91. The minimum Gasteiger partial charge on any atom is -0.463 e. The molecule has 128 valence electrons. The molecule has 0 radical (unpaired) electrons. The fraction of sp³-hybridized carbons (Fsp3) is 0.0476. The number of furan rings is 1. The number of hydrogen-bond donors (Lipinski definition) is 1. The smallest absolute Gasteiger partial charge is 0.276 e. The summed E-state index contributed by atoms with van der Waals surface area (Å²) >= 11 is 0. The van der Waals surface area contributed by atoms with Gasteiger partial charge in [-0.15, -0.1) is 0 Å². The summed E-state index contributed by atoms with van der Waals surface area (Å²) in [4.78, 5) is 12.7. The van der Waals surface area contributed by atoms with Crippen molar-refractivity contribution in [2.45, 2.75) is 6.92 Å². The van der Waals surface area contributed by atoms with E-state index in [-0.39, 0.29) is 5.91 Å². The Kier molecular flexibility index (Phi) is 4.11. The highest BCUT2D eigenvalue weighted by molar-refractivity contribution is 6.03. The highest BCUT2D eigenvalue weighted by atomic mass is 16.3. The zero-order chi connectivity index (χ0) is 17.9. The van der Waals surface area contributed by atoms with Crippen LogP contribution in [-0.4, -0.2) is 15.7 Å². The molecule has 1 N–H and O–H groups in total. The molecular formula is C21H17N3O2. The number of hydrogen-bond acceptors (Lipinski definition) is 3. The molecule has 0 aliphatic carbocycles. The lowest BCUT2D eigenvalue weighted by atomic mass is 10.2. The van der Waals surface area contributed by atoms with Crippen LogP contribution in [0, 0.1) is 6.92 Å². The Balaban J connectivity index is 1.74. The number of benzene rings is 2. The lowest BCUT2D eigenvalue weighted by Gasteiger charge is -2.06. The number of amides is 1. The van der Waals surface area contributed by atoms with Crippen molar-refractivity contribution >= 4 is 11.6 Å². The Morgan fingerprint density at radius 1 is 1.00 bits per heavy atom. The van der Waals surface area contributed by atoms with Gasteiger partial charge in [0.25, 0.3) is 5.91 Å². The molecule has 4 aromatic rings. The molecule has 0 saturated heterocycles. The van der Waals surface area contributed by atoms with Gasteiger partial charge in [0.05, 0.1) is 12.0 Å². The predicted molar refractivity (Wildman–Crippen MR) is 100 cm³/mol. The third kappa shape index (κ3) is 3.02. The monoisotopic (exact) mass is 343 g/mol. The lowest BCUT2D eigenvalue weighted by Crippen LogP contribution is -2.13. The largest absolute Gasteiger partial charge is 0.463 e. The molecule has 0 aliphatic rings. The highest BCUT2D eigenvalue weighted by Gasteiger charge is 2.18. The fourth-order valence-corrected chi connectivity index (χ4v) is 2.76.